The van der Waals surface area contributed by atoms with Crippen LogP contribution in [0.4, 0.5) is 0 Å². The standard InChI is InChI=1S/C11H17NOS/c13-7-3-11(10-4-8-14-9-10)12-5-1-2-6-12/h4,8-9,11,13H,1-3,5-7H2. The van der Waals surface area contributed by atoms with Crippen molar-refractivity contribution < 1.29 is 5.11 Å². The first-order chi connectivity index (χ1) is 6.92. The Morgan fingerprint density at radius 2 is 2.21 bits per heavy atom. The van der Waals surface area contributed by atoms with Gasteiger partial charge in [-0.2, -0.15) is 11.3 Å². The third kappa shape index (κ3) is 2.16. The van der Waals surface area contributed by atoms with E-state index in [0.29, 0.717) is 6.04 Å². The molecule has 0 aliphatic carbocycles. The van der Waals surface area contributed by atoms with Crippen LogP contribution in [0.25, 0.3) is 0 Å². The van der Waals surface area contributed by atoms with Gasteiger partial charge in [0.2, 0.25) is 0 Å². The van der Waals surface area contributed by atoms with Crippen LogP contribution in [0.3, 0.4) is 0 Å². The van der Waals surface area contributed by atoms with Gasteiger partial charge in [0.15, 0.2) is 0 Å². The molecule has 78 valence electrons. The van der Waals surface area contributed by atoms with Gasteiger partial charge in [0, 0.05) is 12.6 Å². The van der Waals surface area contributed by atoms with Crippen LogP contribution in [-0.4, -0.2) is 29.7 Å². The SMILES string of the molecule is OCCC(c1ccsc1)N1CCCC1. The lowest BCUT2D eigenvalue weighted by Crippen LogP contribution is -2.26. The summed E-state index contributed by atoms with van der Waals surface area (Å²) in [6.45, 7) is 2.68. The maximum atomic E-state index is 9.07. The maximum absolute atomic E-state index is 9.07. The Kier molecular flexibility index (Phi) is 3.56. The summed E-state index contributed by atoms with van der Waals surface area (Å²) >= 11 is 1.74. The quantitative estimate of drug-likeness (QED) is 0.826. The Morgan fingerprint density at radius 3 is 2.79 bits per heavy atom. The van der Waals surface area contributed by atoms with Crippen molar-refractivity contribution in [3.05, 3.63) is 22.4 Å². The third-order valence-corrected chi connectivity index (χ3v) is 3.61. The minimum Gasteiger partial charge on any atom is -0.396 e. The molecule has 1 unspecified atom stereocenters. The molecule has 2 nitrogen and oxygen atoms in total. The van der Waals surface area contributed by atoms with E-state index in [1.165, 1.54) is 31.5 Å². The van der Waals surface area contributed by atoms with Gasteiger partial charge in [0.05, 0.1) is 0 Å². The first-order valence-corrected chi connectivity index (χ1v) is 6.23. The van der Waals surface area contributed by atoms with Crippen LogP contribution in [0.15, 0.2) is 16.8 Å². The summed E-state index contributed by atoms with van der Waals surface area (Å²) in [5, 5.41) is 13.4. The van der Waals surface area contributed by atoms with Crippen LogP contribution < -0.4 is 0 Å². The lowest BCUT2D eigenvalue weighted by atomic mass is 10.1. The van der Waals surface area contributed by atoms with Crippen molar-refractivity contribution in [2.75, 3.05) is 19.7 Å². The molecule has 1 atom stereocenters. The van der Waals surface area contributed by atoms with E-state index in [2.05, 4.69) is 21.7 Å². The molecule has 1 fully saturated rings. The van der Waals surface area contributed by atoms with Crippen LogP contribution in [0.1, 0.15) is 30.9 Å². The highest BCUT2D eigenvalue weighted by Gasteiger charge is 2.22. The molecule has 3 heteroatoms. The lowest BCUT2D eigenvalue weighted by molar-refractivity contribution is 0.185. The Bertz CT molecular complexity index is 254. The Hall–Kier alpha value is -0.380. The molecule has 0 amide bonds. The fraction of sp³-hybridized carbons (Fsp3) is 0.636. The van der Waals surface area contributed by atoms with E-state index in [4.69, 9.17) is 5.11 Å². The minimum atomic E-state index is 0.289. The molecule has 0 radical (unpaired) electrons. The van der Waals surface area contributed by atoms with E-state index in [9.17, 15) is 0 Å². The van der Waals surface area contributed by atoms with E-state index in [1.54, 1.807) is 11.3 Å². The first-order valence-electron chi connectivity index (χ1n) is 5.29. The Balaban J connectivity index is 2.06. The second-order valence-electron chi connectivity index (χ2n) is 3.83. The van der Waals surface area contributed by atoms with Gasteiger partial charge in [0.25, 0.3) is 0 Å². The van der Waals surface area contributed by atoms with Crippen LogP contribution in [0.5, 0.6) is 0 Å². The number of hydrogen-bond acceptors (Lipinski definition) is 3. The van der Waals surface area contributed by atoms with Gasteiger partial charge in [-0.3, -0.25) is 4.90 Å². The highest BCUT2D eigenvalue weighted by Crippen LogP contribution is 2.28. The van der Waals surface area contributed by atoms with E-state index in [0.717, 1.165) is 6.42 Å². The number of hydrogen-bond donors (Lipinski definition) is 1. The van der Waals surface area contributed by atoms with Gasteiger partial charge in [-0.1, -0.05) is 0 Å². The number of aliphatic hydroxyl groups is 1. The number of likely N-dealkylation sites (tertiary alicyclic amines) is 1. The predicted molar refractivity (Wildman–Crippen MR) is 59.6 cm³/mol. The summed E-state index contributed by atoms with van der Waals surface area (Å²) in [5.41, 5.74) is 1.38. The number of rotatable bonds is 4. The van der Waals surface area contributed by atoms with E-state index >= 15 is 0 Å². The van der Waals surface area contributed by atoms with Crippen molar-refractivity contribution in [2.24, 2.45) is 0 Å². The fourth-order valence-corrected chi connectivity index (χ4v) is 2.91. The van der Waals surface area contributed by atoms with Crippen molar-refractivity contribution in [3.63, 3.8) is 0 Å². The van der Waals surface area contributed by atoms with Crippen LogP contribution in [-0.2, 0) is 0 Å². The number of nitrogens with zero attached hydrogens (tertiary/aromatic N) is 1. The largest absolute Gasteiger partial charge is 0.396 e. The summed E-state index contributed by atoms with van der Waals surface area (Å²) in [5.74, 6) is 0. The normalized spacial score (nSPS) is 20.1. The molecule has 1 N–H and O–H groups in total. The second-order valence-corrected chi connectivity index (χ2v) is 4.61. The average molecular weight is 211 g/mol. The Labute approximate surface area is 89.2 Å². The molecule has 1 saturated heterocycles. The van der Waals surface area contributed by atoms with Crippen molar-refractivity contribution in [1.82, 2.24) is 4.90 Å². The molecule has 0 saturated carbocycles. The molecule has 0 aromatic carbocycles. The summed E-state index contributed by atoms with van der Waals surface area (Å²) in [6, 6.07) is 2.64. The van der Waals surface area contributed by atoms with Gasteiger partial charge in [-0.15, -0.1) is 0 Å². The van der Waals surface area contributed by atoms with Crippen molar-refractivity contribution in [2.45, 2.75) is 25.3 Å². The van der Waals surface area contributed by atoms with Crippen LogP contribution >= 0.6 is 11.3 Å². The van der Waals surface area contributed by atoms with E-state index < -0.39 is 0 Å². The molecule has 1 aliphatic rings. The zero-order valence-electron chi connectivity index (χ0n) is 8.35. The number of thiophene rings is 1. The second kappa shape index (κ2) is 4.91. The molecular formula is C11H17NOS. The monoisotopic (exact) mass is 211 g/mol. The first kappa shape index (κ1) is 10.1. The minimum absolute atomic E-state index is 0.289. The summed E-state index contributed by atoms with van der Waals surface area (Å²) in [6.07, 6.45) is 3.49. The van der Waals surface area contributed by atoms with Gasteiger partial charge < -0.3 is 5.11 Å². The van der Waals surface area contributed by atoms with Gasteiger partial charge >= 0.3 is 0 Å². The topological polar surface area (TPSA) is 23.5 Å². The van der Waals surface area contributed by atoms with Gasteiger partial charge in [-0.05, 0) is 54.7 Å². The highest BCUT2D eigenvalue weighted by molar-refractivity contribution is 7.07. The van der Waals surface area contributed by atoms with Crippen LogP contribution in [0, 0.1) is 0 Å². The fourth-order valence-electron chi connectivity index (χ4n) is 2.20. The summed E-state index contributed by atoms with van der Waals surface area (Å²) < 4.78 is 0. The third-order valence-electron chi connectivity index (χ3n) is 2.91. The van der Waals surface area contributed by atoms with Gasteiger partial charge in [-0.25, -0.2) is 0 Å². The summed E-state index contributed by atoms with van der Waals surface area (Å²) in [4.78, 5) is 2.50. The molecule has 1 aromatic rings. The molecule has 0 bridgehead atoms. The molecule has 0 spiro atoms. The smallest absolute Gasteiger partial charge is 0.0449 e. The average Bonchev–Trinajstić information content (AvgIpc) is 2.87. The molecular weight excluding hydrogens is 194 g/mol. The van der Waals surface area contributed by atoms with Crippen LogP contribution in [0.2, 0.25) is 0 Å². The molecule has 2 rings (SSSR count). The molecule has 1 aliphatic heterocycles. The van der Waals surface area contributed by atoms with Crippen molar-refractivity contribution >= 4 is 11.3 Å². The Morgan fingerprint density at radius 1 is 1.43 bits per heavy atom. The van der Waals surface area contributed by atoms with Gasteiger partial charge in [0.1, 0.15) is 0 Å². The maximum Gasteiger partial charge on any atom is 0.0449 e. The molecule has 2 heterocycles. The zero-order chi connectivity index (χ0) is 9.80. The van der Waals surface area contributed by atoms with Crippen molar-refractivity contribution in [1.29, 1.82) is 0 Å². The van der Waals surface area contributed by atoms with E-state index in [-0.39, 0.29) is 6.61 Å². The van der Waals surface area contributed by atoms with E-state index in [1.807, 2.05) is 0 Å². The summed E-state index contributed by atoms with van der Waals surface area (Å²) in [7, 11) is 0. The predicted octanol–water partition coefficient (Wildman–Crippen LogP) is 2.27. The highest BCUT2D eigenvalue weighted by atomic mass is 32.1. The molecule has 14 heavy (non-hydrogen) atoms. The number of aliphatic hydroxyl groups excluding tert-OH is 1. The lowest BCUT2D eigenvalue weighted by Gasteiger charge is -2.26. The van der Waals surface area contributed by atoms with Crippen molar-refractivity contribution in [3.8, 4) is 0 Å². The zero-order valence-corrected chi connectivity index (χ0v) is 9.17. The molecule has 1 aromatic heterocycles.